The van der Waals surface area contributed by atoms with Crippen LogP contribution in [0, 0.1) is 6.92 Å². The number of benzene rings is 2. The molecule has 0 saturated heterocycles. The van der Waals surface area contributed by atoms with Gasteiger partial charge in [0.1, 0.15) is 5.84 Å². The Morgan fingerprint density at radius 2 is 1.69 bits per heavy atom. The van der Waals surface area contributed by atoms with Gasteiger partial charge in [-0.25, -0.2) is 5.43 Å². The number of carbonyl (C=O) groups excluding carboxylic acids is 2. The molecule has 6 heteroatoms. The SMILES string of the molecule is C/C(N)=N/NC(=O)c1ccc(-c2cc(C(=O)NC3CC3)ccc2C)cc1. The van der Waals surface area contributed by atoms with E-state index >= 15 is 0 Å². The lowest BCUT2D eigenvalue weighted by atomic mass is 9.97. The van der Waals surface area contributed by atoms with Crippen LogP contribution in [0.25, 0.3) is 11.1 Å². The van der Waals surface area contributed by atoms with Crippen LogP contribution < -0.4 is 16.5 Å². The Bertz CT molecular complexity index is 864. The highest BCUT2D eigenvalue weighted by Crippen LogP contribution is 2.26. The lowest BCUT2D eigenvalue weighted by Gasteiger charge is -2.10. The summed E-state index contributed by atoms with van der Waals surface area (Å²) in [6.45, 7) is 3.59. The minimum Gasteiger partial charge on any atom is -0.386 e. The molecule has 26 heavy (non-hydrogen) atoms. The van der Waals surface area contributed by atoms with Gasteiger partial charge in [0, 0.05) is 17.2 Å². The number of nitrogens with zero attached hydrogens (tertiary/aromatic N) is 1. The zero-order valence-corrected chi connectivity index (χ0v) is 14.9. The number of carbonyl (C=O) groups is 2. The summed E-state index contributed by atoms with van der Waals surface area (Å²) < 4.78 is 0. The predicted molar refractivity (Wildman–Crippen MR) is 102 cm³/mol. The molecule has 2 aromatic carbocycles. The van der Waals surface area contributed by atoms with Gasteiger partial charge < -0.3 is 11.1 Å². The molecule has 2 aromatic rings. The number of rotatable bonds is 5. The van der Waals surface area contributed by atoms with Crippen molar-refractivity contribution in [2.75, 3.05) is 0 Å². The number of hydrogen-bond acceptors (Lipinski definition) is 3. The number of aryl methyl sites for hydroxylation is 1. The first-order valence-corrected chi connectivity index (χ1v) is 8.56. The van der Waals surface area contributed by atoms with Crippen LogP contribution in [0.4, 0.5) is 0 Å². The second-order valence-electron chi connectivity index (χ2n) is 6.55. The molecule has 134 valence electrons. The van der Waals surface area contributed by atoms with Gasteiger partial charge in [0.2, 0.25) is 0 Å². The second-order valence-corrected chi connectivity index (χ2v) is 6.55. The maximum atomic E-state index is 12.3. The zero-order valence-electron chi connectivity index (χ0n) is 14.9. The lowest BCUT2D eigenvalue weighted by Crippen LogP contribution is -2.25. The van der Waals surface area contributed by atoms with Crippen molar-refractivity contribution in [2.45, 2.75) is 32.7 Å². The van der Waals surface area contributed by atoms with Gasteiger partial charge in [0.05, 0.1) is 0 Å². The molecule has 1 aliphatic carbocycles. The molecule has 0 radical (unpaired) electrons. The zero-order chi connectivity index (χ0) is 18.7. The first kappa shape index (κ1) is 17.7. The topological polar surface area (TPSA) is 96.6 Å². The maximum Gasteiger partial charge on any atom is 0.271 e. The summed E-state index contributed by atoms with van der Waals surface area (Å²) in [6.07, 6.45) is 2.11. The van der Waals surface area contributed by atoms with Crippen LogP contribution >= 0.6 is 0 Å². The van der Waals surface area contributed by atoms with Gasteiger partial charge >= 0.3 is 0 Å². The number of amides is 2. The van der Waals surface area contributed by atoms with Crippen molar-refractivity contribution in [3.05, 3.63) is 59.2 Å². The monoisotopic (exact) mass is 350 g/mol. The van der Waals surface area contributed by atoms with E-state index in [0.717, 1.165) is 29.5 Å². The molecule has 6 nitrogen and oxygen atoms in total. The molecular weight excluding hydrogens is 328 g/mol. The van der Waals surface area contributed by atoms with Gasteiger partial charge in [0.15, 0.2) is 0 Å². The standard InChI is InChI=1S/C20H22N4O2/c1-12-3-4-16(19(25)22-17-9-10-17)11-18(12)14-5-7-15(8-6-14)20(26)24-23-13(2)21/h3-8,11,17H,9-10H2,1-2H3,(H2,21,23)(H,22,25)(H,24,26). The molecule has 0 bridgehead atoms. The summed E-state index contributed by atoms with van der Waals surface area (Å²) in [6, 6.07) is 13.2. The average molecular weight is 350 g/mol. The van der Waals surface area contributed by atoms with E-state index in [1.54, 1.807) is 19.1 Å². The summed E-state index contributed by atoms with van der Waals surface area (Å²) in [5.74, 6) is -0.0812. The number of nitrogens with one attached hydrogen (secondary N) is 2. The maximum absolute atomic E-state index is 12.3. The van der Waals surface area contributed by atoms with Crippen molar-refractivity contribution in [2.24, 2.45) is 10.8 Å². The molecule has 0 heterocycles. The minimum atomic E-state index is -0.323. The third-order valence-corrected chi connectivity index (χ3v) is 4.20. The van der Waals surface area contributed by atoms with Crippen molar-refractivity contribution >= 4 is 17.6 Å². The van der Waals surface area contributed by atoms with Crippen LogP contribution in [0.3, 0.4) is 0 Å². The van der Waals surface area contributed by atoms with Crippen LogP contribution in [-0.2, 0) is 0 Å². The van der Waals surface area contributed by atoms with E-state index in [1.807, 2.05) is 37.3 Å². The van der Waals surface area contributed by atoms with Crippen molar-refractivity contribution in [3.63, 3.8) is 0 Å². The molecule has 1 saturated carbocycles. The average Bonchev–Trinajstić information content (AvgIpc) is 3.44. The molecule has 4 N–H and O–H groups in total. The van der Waals surface area contributed by atoms with Crippen LogP contribution in [0.1, 0.15) is 46.0 Å². The quantitative estimate of drug-likeness (QED) is 0.439. The van der Waals surface area contributed by atoms with E-state index in [1.165, 1.54) is 0 Å². The smallest absolute Gasteiger partial charge is 0.271 e. The predicted octanol–water partition coefficient (Wildman–Crippen LogP) is 2.58. The highest BCUT2D eigenvalue weighted by Gasteiger charge is 2.24. The van der Waals surface area contributed by atoms with Gasteiger partial charge in [-0.15, -0.1) is 0 Å². The van der Waals surface area contributed by atoms with Gasteiger partial charge in [0.25, 0.3) is 11.8 Å². The molecule has 1 aliphatic rings. The lowest BCUT2D eigenvalue weighted by molar-refractivity contribution is 0.0944. The number of hydrazone groups is 1. The van der Waals surface area contributed by atoms with Crippen molar-refractivity contribution in [1.29, 1.82) is 0 Å². The first-order valence-electron chi connectivity index (χ1n) is 8.56. The molecule has 3 rings (SSSR count). The Hall–Kier alpha value is -3.15. The molecule has 0 aliphatic heterocycles. The molecule has 0 atom stereocenters. The molecule has 0 unspecified atom stereocenters. The first-order chi connectivity index (χ1) is 12.4. The summed E-state index contributed by atoms with van der Waals surface area (Å²) in [4.78, 5) is 24.3. The summed E-state index contributed by atoms with van der Waals surface area (Å²) in [5.41, 5.74) is 11.9. The Balaban J connectivity index is 1.80. The molecule has 2 amide bonds. The molecule has 0 spiro atoms. The Morgan fingerprint density at radius 3 is 2.31 bits per heavy atom. The van der Waals surface area contributed by atoms with Crippen molar-refractivity contribution in [3.8, 4) is 11.1 Å². The Labute approximate surface area is 152 Å². The normalized spacial score (nSPS) is 14.0. The van der Waals surface area contributed by atoms with Crippen LogP contribution in [0.5, 0.6) is 0 Å². The van der Waals surface area contributed by atoms with Crippen molar-refractivity contribution < 1.29 is 9.59 Å². The van der Waals surface area contributed by atoms with Crippen LogP contribution in [-0.4, -0.2) is 23.7 Å². The summed E-state index contributed by atoms with van der Waals surface area (Å²) >= 11 is 0. The molecule has 0 aromatic heterocycles. The fraction of sp³-hybridized carbons (Fsp3) is 0.250. The second kappa shape index (κ2) is 7.39. The summed E-state index contributed by atoms with van der Waals surface area (Å²) in [7, 11) is 0. The molecular formula is C20H22N4O2. The van der Waals surface area contributed by atoms with E-state index in [2.05, 4.69) is 15.8 Å². The highest BCUT2D eigenvalue weighted by atomic mass is 16.2. The van der Waals surface area contributed by atoms with Crippen molar-refractivity contribution in [1.82, 2.24) is 10.7 Å². The highest BCUT2D eigenvalue weighted by molar-refractivity contribution is 5.97. The van der Waals surface area contributed by atoms with Gasteiger partial charge in [-0.05, 0) is 67.6 Å². The van der Waals surface area contributed by atoms with E-state index in [0.29, 0.717) is 17.2 Å². The fourth-order valence-electron chi connectivity index (χ4n) is 2.58. The largest absolute Gasteiger partial charge is 0.386 e. The van der Waals surface area contributed by atoms with E-state index in [9.17, 15) is 9.59 Å². The Morgan fingerprint density at radius 1 is 1.04 bits per heavy atom. The third-order valence-electron chi connectivity index (χ3n) is 4.20. The van der Waals surface area contributed by atoms with Gasteiger partial charge in [-0.2, -0.15) is 5.10 Å². The molecule has 1 fully saturated rings. The van der Waals surface area contributed by atoms with Gasteiger partial charge in [-0.1, -0.05) is 18.2 Å². The Kier molecular flexibility index (Phi) is 5.02. The van der Waals surface area contributed by atoms with E-state index in [4.69, 9.17) is 5.73 Å². The third kappa shape index (κ3) is 4.27. The fourth-order valence-corrected chi connectivity index (χ4v) is 2.58. The number of hydrogen-bond donors (Lipinski definition) is 3. The van der Waals surface area contributed by atoms with Crippen LogP contribution in [0.15, 0.2) is 47.6 Å². The van der Waals surface area contributed by atoms with E-state index < -0.39 is 0 Å². The van der Waals surface area contributed by atoms with Crippen LogP contribution in [0.2, 0.25) is 0 Å². The number of nitrogens with two attached hydrogens (primary N) is 1. The number of amidine groups is 1. The summed E-state index contributed by atoms with van der Waals surface area (Å²) in [5, 5.41) is 6.71. The minimum absolute atomic E-state index is 0.0419. The van der Waals surface area contributed by atoms with Gasteiger partial charge in [-0.3, -0.25) is 9.59 Å². The van der Waals surface area contributed by atoms with E-state index in [-0.39, 0.29) is 17.6 Å².